The third-order valence-corrected chi connectivity index (χ3v) is 5.90. The number of anilines is 1. The number of nitrogens with zero attached hydrogens (tertiary/aromatic N) is 4. The Morgan fingerprint density at radius 1 is 1.45 bits per heavy atom. The highest BCUT2D eigenvalue weighted by Crippen LogP contribution is 2.41. The maximum atomic E-state index is 6.36. The molecule has 2 atom stereocenters. The third-order valence-electron chi connectivity index (χ3n) is 5.14. The van der Waals surface area contributed by atoms with E-state index in [2.05, 4.69) is 54.6 Å². The summed E-state index contributed by atoms with van der Waals surface area (Å²) < 4.78 is 6.63. The van der Waals surface area contributed by atoms with Crippen molar-refractivity contribution in [1.29, 1.82) is 0 Å². The lowest BCUT2D eigenvalue weighted by Gasteiger charge is -2.41. The number of hydrogen-bond donors (Lipinski definition) is 2. The average molecular weight is 414 g/mol. The van der Waals surface area contributed by atoms with Gasteiger partial charge in [-0.25, -0.2) is 9.97 Å². The standard InChI is InChI=1S/C14H19IN6O/c1-8-11(16)14(7-22-8)2-4-21(5-3-14)9-6-17-10-12(15)19-20-13(10)18-9/h6,8,11H,2-5,7,16H2,1H3,(H,18,19,20)/t8-,11+/m0/s1. The van der Waals surface area contributed by atoms with Crippen LogP contribution >= 0.6 is 22.6 Å². The second-order valence-electron chi connectivity index (χ2n) is 6.33. The summed E-state index contributed by atoms with van der Waals surface area (Å²) in [5.74, 6) is 0.905. The van der Waals surface area contributed by atoms with Crippen molar-refractivity contribution in [3.05, 3.63) is 9.90 Å². The number of ether oxygens (including phenoxy) is 1. The first-order chi connectivity index (χ1) is 10.6. The molecule has 2 aromatic rings. The van der Waals surface area contributed by atoms with Crippen LogP contribution in [0.1, 0.15) is 19.8 Å². The molecule has 0 saturated carbocycles. The fraction of sp³-hybridized carbons (Fsp3) is 0.643. The molecule has 22 heavy (non-hydrogen) atoms. The van der Waals surface area contributed by atoms with Crippen molar-refractivity contribution in [3.63, 3.8) is 0 Å². The van der Waals surface area contributed by atoms with E-state index in [0.717, 1.165) is 53.2 Å². The fourth-order valence-corrected chi connectivity index (χ4v) is 4.09. The van der Waals surface area contributed by atoms with Crippen LogP contribution in [0.3, 0.4) is 0 Å². The number of halogens is 1. The number of H-pyrrole nitrogens is 1. The van der Waals surface area contributed by atoms with Gasteiger partial charge >= 0.3 is 0 Å². The van der Waals surface area contributed by atoms with Crippen LogP contribution in [0.4, 0.5) is 5.82 Å². The summed E-state index contributed by atoms with van der Waals surface area (Å²) >= 11 is 2.16. The highest BCUT2D eigenvalue weighted by atomic mass is 127. The number of hydrogen-bond acceptors (Lipinski definition) is 6. The first-order valence-electron chi connectivity index (χ1n) is 7.58. The zero-order valence-electron chi connectivity index (χ0n) is 12.4. The lowest BCUT2D eigenvalue weighted by atomic mass is 9.73. The molecule has 4 heterocycles. The summed E-state index contributed by atoms with van der Waals surface area (Å²) in [6, 6.07) is 0.136. The highest BCUT2D eigenvalue weighted by Gasteiger charge is 2.47. The van der Waals surface area contributed by atoms with Crippen LogP contribution in [-0.4, -0.2) is 52.0 Å². The summed E-state index contributed by atoms with van der Waals surface area (Å²) in [7, 11) is 0. The van der Waals surface area contributed by atoms with E-state index in [1.54, 1.807) is 0 Å². The zero-order valence-corrected chi connectivity index (χ0v) is 14.6. The molecule has 1 spiro atoms. The van der Waals surface area contributed by atoms with Crippen LogP contribution < -0.4 is 10.6 Å². The molecule has 0 aromatic carbocycles. The van der Waals surface area contributed by atoms with Gasteiger partial charge in [-0.05, 0) is 42.4 Å². The summed E-state index contributed by atoms with van der Waals surface area (Å²) in [4.78, 5) is 11.4. The molecule has 2 saturated heterocycles. The number of nitrogens with two attached hydrogens (primary N) is 1. The Bertz CT molecular complexity index is 696. The van der Waals surface area contributed by atoms with Gasteiger partial charge in [0, 0.05) is 24.5 Å². The highest BCUT2D eigenvalue weighted by molar-refractivity contribution is 14.1. The molecule has 2 fully saturated rings. The quantitative estimate of drug-likeness (QED) is 0.684. The van der Waals surface area contributed by atoms with Crippen molar-refractivity contribution < 1.29 is 4.74 Å². The minimum absolute atomic E-state index is 0.136. The van der Waals surface area contributed by atoms with E-state index < -0.39 is 0 Å². The normalized spacial score (nSPS) is 27.9. The summed E-state index contributed by atoms with van der Waals surface area (Å²) in [6.07, 6.45) is 4.08. The maximum absolute atomic E-state index is 6.36. The average Bonchev–Trinajstić information content (AvgIpc) is 3.04. The second kappa shape index (κ2) is 5.27. The van der Waals surface area contributed by atoms with E-state index in [-0.39, 0.29) is 17.6 Å². The summed E-state index contributed by atoms with van der Waals surface area (Å²) in [6.45, 7) is 4.74. The van der Waals surface area contributed by atoms with Crippen molar-refractivity contribution in [1.82, 2.24) is 20.2 Å². The second-order valence-corrected chi connectivity index (χ2v) is 7.35. The van der Waals surface area contributed by atoms with E-state index in [1.807, 2.05) is 6.20 Å². The minimum Gasteiger partial charge on any atom is -0.376 e. The van der Waals surface area contributed by atoms with Gasteiger partial charge in [-0.15, -0.1) is 0 Å². The fourth-order valence-electron chi connectivity index (χ4n) is 3.57. The van der Waals surface area contributed by atoms with Crippen molar-refractivity contribution in [2.75, 3.05) is 24.6 Å². The van der Waals surface area contributed by atoms with Crippen LogP contribution in [0.2, 0.25) is 0 Å². The molecular formula is C14H19IN6O. The van der Waals surface area contributed by atoms with Gasteiger partial charge in [-0.1, -0.05) is 0 Å². The van der Waals surface area contributed by atoms with Gasteiger partial charge in [-0.2, -0.15) is 5.10 Å². The molecule has 2 aliphatic heterocycles. The van der Waals surface area contributed by atoms with Crippen molar-refractivity contribution >= 4 is 39.6 Å². The molecule has 0 bridgehead atoms. The van der Waals surface area contributed by atoms with Gasteiger partial charge in [0.15, 0.2) is 9.35 Å². The van der Waals surface area contributed by atoms with Crippen molar-refractivity contribution in [2.24, 2.45) is 11.1 Å². The molecule has 4 rings (SSSR count). The van der Waals surface area contributed by atoms with Gasteiger partial charge in [0.05, 0.1) is 18.9 Å². The van der Waals surface area contributed by atoms with E-state index in [1.165, 1.54) is 0 Å². The van der Waals surface area contributed by atoms with Crippen molar-refractivity contribution in [3.8, 4) is 0 Å². The maximum Gasteiger partial charge on any atom is 0.177 e. The van der Waals surface area contributed by atoms with Crippen LogP contribution in [0.25, 0.3) is 11.2 Å². The largest absolute Gasteiger partial charge is 0.376 e. The van der Waals surface area contributed by atoms with Crippen molar-refractivity contribution in [2.45, 2.75) is 31.9 Å². The van der Waals surface area contributed by atoms with Crippen LogP contribution in [0.5, 0.6) is 0 Å². The first-order valence-corrected chi connectivity index (χ1v) is 8.66. The van der Waals surface area contributed by atoms with Crippen LogP contribution in [0.15, 0.2) is 6.20 Å². The molecule has 7 nitrogen and oxygen atoms in total. The SMILES string of the molecule is C[C@@H]1OCC2(CCN(c3cnc4c(I)n[nH]c4n3)CC2)[C@@H]1N. The van der Waals surface area contributed by atoms with E-state index >= 15 is 0 Å². The number of nitrogens with one attached hydrogen (secondary N) is 1. The third kappa shape index (κ3) is 2.19. The Morgan fingerprint density at radius 3 is 2.91 bits per heavy atom. The summed E-state index contributed by atoms with van der Waals surface area (Å²) in [5.41, 5.74) is 8.08. The molecule has 2 aliphatic rings. The topological polar surface area (TPSA) is 93.0 Å². The lowest BCUT2D eigenvalue weighted by Crippen LogP contribution is -2.50. The number of aromatic amines is 1. The molecule has 8 heteroatoms. The first kappa shape index (κ1) is 14.6. The van der Waals surface area contributed by atoms with Gasteiger partial charge in [0.2, 0.25) is 0 Å². The minimum atomic E-state index is 0.136. The molecule has 0 amide bonds. The lowest BCUT2D eigenvalue weighted by molar-refractivity contribution is 0.0974. The number of rotatable bonds is 1. The Balaban J connectivity index is 1.53. The molecule has 0 aliphatic carbocycles. The zero-order chi connectivity index (χ0) is 15.3. The smallest absolute Gasteiger partial charge is 0.177 e. The van der Waals surface area contributed by atoms with Gasteiger partial charge in [0.25, 0.3) is 0 Å². The molecule has 2 aromatic heterocycles. The number of piperidine rings is 1. The van der Waals surface area contributed by atoms with Crippen LogP contribution in [-0.2, 0) is 4.74 Å². The molecular weight excluding hydrogens is 395 g/mol. The Hall–Kier alpha value is -1.00. The predicted octanol–water partition coefficient (Wildman–Crippen LogP) is 1.29. The van der Waals surface area contributed by atoms with E-state index in [0.29, 0.717) is 0 Å². The molecule has 118 valence electrons. The molecule has 3 N–H and O–H groups in total. The van der Waals surface area contributed by atoms with Gasteiger partial charge in [0.1, 0.15) is 11.3 Å². The van der Waals surface area contributed by atoms with E-state index in [9.17, 15) is 0 Å². The Kier molecular flexibility index (Phi) is 3.50. The number of aromatic nitrogens is 4. The van der Waals surface area contributed by atoms with Gasteiger partial charge < -0.3 is 15.4 Å². The Labute approximate surface area is 142 Å². The summed E-state index contributed by atoms with van der Waals surface area (Å²) in [5, 5.41) is 7.07. The Morgan fingerprint density at radius 2 is 2.23 bits per heavy atom. The monoisotopic (exact) mass is 414 g/mol. The molecule has 0 unspecified atom stereocenters. The van der Waals surface area contributed by atoms with E-state index in [4.69, 9.17) is 10.5 Å². The molecule has 0 radical (unpaired) electrons. The predicted molar refractivity (Wildman–Crippen MR) is 91.7 cm³/mol. The van der Waals surface area contributed by atoms with Crippen LogP contribution in [0, 0.1) is 9.12 Å². The van der Waals surface area contributed by atoms with Gasteiger partial charge in [-0.3, -0.25) is 5.10 Å². The number of fused-ring (bicyclic) bond motifs is 1.